The first-order chi connectivity index (χ1) is 12.5. The van der Waals surface area contributed by atoms with E-state index < -0.39 is 0 Å². The SMILES string of the molecule is CC(=O)N(c1ccc(Cl)c(Cl)c1)c1nc(C[NH2+][C@H](C)c2ccco2)cs1. The van der Waals surface area contributed by atoms with Crippen LogP contribution in [0.3, 0.4) is 0 Å². The van der Waals surface area contributed by atoms with E-state index in [1.807, 2.05) is 17.5 Å². The third-order valence-electron chi connectivity index (χ3n) is 3.88. The maximum atomic E-state index is 12.2. The van der Waals surface area contributed by atoms with Gasteiger partial charge in [-0.15, -0.1) is 11.3 Å². The first-order valence-corrected chi connectivity index (χ1v) is 9.66. The zero-order valence-corrected chi connectivity index (χ0v) is 16.6. The first kappa shape index (κ1) is 18.9. The quantitative estimate of drug-likeness (QED) is 0.647. The topological polar surface area (TPSA) is 63.0 Å². The van der Waals surface area contributed by atoms with Gasteiger partial charge < -0.3 is 9.73 Å². The van der Waals surface area contributed by atoms with Crippen molar-refractivity contribution in [2.24, 2.45) is 0 Å². The highest BCUT2D eigenvalue weighted by Crippen LogP contribution is 2.33. The molecule has 5 nitrogen and oxygen atoms in total. The average molecular weight is 411 g/mol. The van der Waals surface area contributed by atoms with Gasteiger partial charge in [0.1, 0.15) is 18.3 Å². The Morgan fingerprint density at radius 2 is 2.15 bits per heavy atom. The van der Waals surface area contributed by atoms with Crippen LogP contribution in [0.1, 0.15) is 31.3 Å². The van der Waals surface area contributed by atoms with Gasteiger partial charge in [-0.3, -0.25) is 9.69 Å². The van der Waals surface area contributed by atoms with Gasteiger partial charge in [-0.05, 0) is 37.3 Å². The molecule has 1 amide bonds. The predicted molar refractivity (Wildman–Crippen MR) is 104 cm³/mol. The number of nitrogens with zero attached hydrogens (tertiary/aromatic N) is 2. The summed E-state index contributed by atoms with van der Waals surface area (Å²) in [5.41, 5.74) is 1.54. The number of halogens is 2. The summed E-state index contributed by atoms with van der Waals surface area (Å²) in [7, 11) is 0. The van der Waals surface area contributed by atoms with Gasteiger partial charge in [-0.25, -0.2) is 4.98 Å². The van der Waals surface area contributed by atoms with Crippen LogP contribution in [0.5, 0.6) is 0 Å². The Morgan fingerprint density at radius 1 is 1.35 bits per heavy atom. The molecule has 2 aromatic heterocycles. The van der Waals surface area contributed by atoms with Gasteiger partial charge in [0.2, 0.25) is 5.91 Å². The zero-order valence-electron chi connectivity index (χ0n) is 14.3. The maximum Gasteiger partial charge on any atom is 0.230 e. The molecule has 1 aromatic carbocycles. The number of anilines is 2. The largest absolute Gasteiger partial charge is 0.463 e. The highest BCUT2D eigenvalue weighted by molar-refractivity contribution is 7.14. The van der Waals surface area contributed by atoms with Crippen molar-refractivity contribution in [2.75, 3.05) is 4.90 Å². The fourth-order valence-electron chi connectivity index (χ4n) is 2.51. The number of nitrogens with two attached hydrogens (primary N) is 1. The van der Waals surface area contributed by atoms with E-state index in [0.29, 0.717) is 27.4 Å². The molecular weight excluding hydrogens is 393 g/mol. The van der Waals surface area contributed by atoms with Crippen molar-refractivity contribution in [3.05, 3.63) is 63.5 Å². The number of carbonyl (C=O) groups excluding carboxylic acids is 1. The van der Waals surface area contributed by atoms with Crippen LogP contribution in [0.2, 0.25) is 10.0 Å². The van der Waals surface area contributed by atoms with E-state index in [0.717, 1.165) is 11.5 Å². The molecular formula is C18H18Cl2N3O2S+. The number of aromatic nitrogens is 1. The molecule has 0 aliphatic heterocycles. The van der Waals surface area contributed by atoms with Crippen LogP contribution in [0, 0.1) is 0 Å². The number of quaternary nitrogens is 1. The summed E-state index contributed by atoms with van der Waals surface area (Å²) in [4.78, 5) is 18.3. The molecule has 0 unspecified atom stereocenters. The van der Waals surface area contributed by atoms with E-state index in [2.05, 4.69) is 17.2 Å². The molecule has 2 N–H and O–H groups in total. The highest BCUT2D eigenvalue weighted by atomic mass is 35.5. The molecule has 3 aromatic rings. The Bertz CT molecular complexity index is 896. The monoisotopic (exact) mass is 410 g/mol. The Balaban J connectivity index is 1.75. The van der Waals surface area contributed by atoms with Crippen molar-refractivity contribution in [3.8, 4) is 0 Å². The summed E-state index contributed by atoms with van der Waals surface area (Å²) in [6, 6.07) is 9.11. The van der Waals surface area contributed by atoms with Crippen LogP contribution in [0.15, 0.2) is 46.4 Å². The van der Waals surface area contributed by atoms with E-state index in [1.54, 1.807) is 24.5 Å². The summed E-state index contributed by atoms with van der Waals surface area (Å²) >= 11 is 13.5. The Labute approximate surface area is 165 Å². The number of benzene rings is 1. The third-order valence-corrected chi connectivity index (χ3v) is 5.49. The summed E-state index contributed by atoms with van der Waals surface area (Å²) in [5, 5.41) is 5.53. The van der Waals surface area contributed by atoms with Gasteiger partial charge in [-0.1, -0.05) is 23.2 Å². The Hall–Kier alpha value is -1.86. The molecule has 0 saturated heterocycles. The van der Waals surface area contributed by atoms with E-state index in [9.17, 15) is 4.79 Å². The molecule has 136 valence electrons. The smallest absolute Gasteiger partial charge is 0.230 e. The van der Waals surface area contributed by atoms with Crippen LogP contribution < -0.4 is 10.2 Å². The number of thiazole rings is 1. The van der Waals surface area contributed by atoms with Gasteiger partial charge >= 0.3 is 0 Å². The van der Waals surface area contributed by atoms with Crippen LogP contribution in [-0.2, 0) is 11.3 Å². The van der Waals surface area contributed by atoms with Crippen molar-refractivity contribution in [2.45, 2.75) is 26.4 Å². The molecule has 0 aliphatic rings. The second kappa shape index (κ2) is 8.22. The number of furan rings is 1. The molecule has 2 heterocycles. The number of carbonyl (C=O) groups is 1. The third kappa shape index (κ3) is 4.27. The van der Waals surface area contributed by atoms with Crippen molar-refractivity contribution in [1.82, 2.24) is 4.98 Å². The fraction of sp³-hybridized carbons (Fsp3) is 0.222. The van der Waals surface area contributed by atoms with E-state index in [1.165, 1.54) is 23.2 Å². The minimum atomic E-state index is -0.141. The number of rotatable bonds is 6. The van der Waals surface area contributed by atoms with Crippen LogP contribution in [-0.4, -0.2) is 10.9 Å². The van der Waals surface area contributed by atoms with Crippen LogP contribution in [0.25, 0.3) is 0 Å². The van der Waals surface area contributed by atoms with E-state index in [4.69, 9.17) is 27.6 Å². The van der Waals surface area contributed by atoms with Gasteiger partial charge in [0, 0.05) is 12.3 Å². The molecule has 0 saturated carbocycles. The molecule has 3 rings (SSSR count). The molecule has 0 aliphatic carbocycles. The molecule has 0 bridgehead atoms. The van der Waals surface area contributed by atoms with Gasteiger partial charge in [0.05, 0.1) is 22.0 Å². The van der Waals surface area contributed by atoms with Crippen molar-refractivity contribution in [3.63, 3.8) is 0 Å². The number of hydrogen-bond acceptors (Lipinski definition) is 4. The van der Waals surface area contributed by atoms with Gasteiger partial charge in [0.15, 0.2) is 10.9 Å². The molecule has 8 heteroatoms. The zero-order chi connectivity index (χ0) is 18.7. The standard InChI is InChI=1S/C18H17Cl2N3O2S/c1-11(17-4-3-7-25-17)21-9-13-10-26-18(22-13)23(12(2)24)14-5-6-15(19)16(20)8-14/h3-8,10-11,21H,9H2,1-2H3/p+1/t11-/m1/s1. The van der Waals surface area contributed by atoms with Crippen LogP contribution in [0.4, 0.5) is 10.8 Å². The van der Waals surface area contributed by atoms with Crippen molar-refractivity contribution >= 4 is 51.3 Å². The fourth-order valence-corrected chi connectivity index (χ4v) is 3.70. The second-order valence-corrected chi connectivity index (χ2v) is 7.47. The van der Waals surface area contributed by atoms with Gasteiger partial charge in [-0.2, -0.15) is 0 Å². The minimum absolute atomic E-state index is 0.141. The summed E-state index contributed by atoms with van der Waals surface area (Å²) < 4.78 is 5.41. The van der Waals surface area contributed by atoms with E-state index >= 15 is 0 Å². The number of amides is 1. The molecule has 0 spiro atoms. The molecule has 1 atom stereocenters. The lowest BCUT2D eigenvalue weighted by Crippen LogP contribution is -2.83. The van der Waals surface area contributed by atoms with Gasteiger partial charge in [0.25, 0.3) is 0 Å². The Kier molecular flexibility index (Phi) is 5.98. The van der Waals surface area contributed by atoms with E-state index in [-0.39, 0.29) is 11.9 Å². The van der Waals surface area contributed by atoms with Crippen molar-refractivity contribution in [1.29, 1.82) is 0 Å². The lowest BCUT2D eigenvalue weighted by molar-refractivity contribution is -0.710. The summed E-state index contributed by atoms with van der Waals surface area (Å²) in [6.07, 6.45) is 1.67. The lowest BCUT2D eigenvalue weighted by Gasteiger charge is -2.18. The second-order valence-electron chi connectivity index (χ2n) is 5.82. The normalized spacial score (nSPS) is 12.2. The maximum absolute atomic E-state index is 12.2. The molecule has 26 heavy (non-hydrogen) atoms. The summed E-state index contributed by atoms with van der Waals surface area (Å²) in [5.74, 6) is 0.777. The minimum Gasteiger partial charge on any atom is -0.463 e. The molecule has 0 fully saturated rings. The average Bonchev–Trinajstić information content (AvgIpc) is 3.28. The summed E-state index contributed by atoms with van der Waals surface area (Å²) in [6.45, 7) is 4.25. The first-order valence-electron chi connectivity index (χ1n) is 8.02. The Morgan fingerprint density at radius 3 is 2.81 bits per heavy atom. The van der Waals surface area contributed by atoms with Crippen LogP contribution >= 0.6 is 34.5 Å². The van der Waals surface area contributed by atoms with Crippen molar-refractivity contribution < 1.29 is 14.5 Å². The predicted octanol–water partition coefficient (Wildman–Crippen LogP) is 4.55. The lowest BCUT2D eigenvalue weighted by atomic mass is 10.2. The number of hydrogen-bond donors (Lipinski definition) is 1. The highest BCUT2D eigenvalue weighted by Gasteiger charge is 2.20. The molecule has 0 radical (unpaired) electrons.